The van der Waals surface area contributed by atoms with E-state index in [2.05, 4.69) is 10.3 Å². The zero-order chi connectivity index (χ0) is 24.5. The number of rotatable bonds is 7. The number of ether oxygens (including phenoxy) is 1. The number of amides is 3. The second-order valence-electron chi connectivity index (χ2n) is 8.11. The van der Waals surface area contributed by atoms with E-state index in [1.807, 2.05) is 0 Å². The van der Waals surface area contributed by atoms with Gasteiger partial charge in [-0.2, -0.15) is 0 Å². The van der Waals surface area contributed by atoms with E-state index < -0.39 is 54.2 Å². The maximum Gasteiger partial charge on any atom is 0.476 e. The van der Waals surface area contributed by atoms with Crippen molar-refractivity contribution in [2.75, 3.05) is 7.11 Å². The fourth-order valence-corrected chi connectivity index (χ4v) is 4.43. The van der Waals surface area contributed by atoms with E-state index >= 15 is 0 Å². The number of urea groups is 1. The van der Waals surface area contributed by atoms with Crippen LogP contribution in [-0.4, -0.2) is 80.8 Å². The molecule has 3 amide bonds. The van der Waals surface area contributed by atoms with Crippen molar-refractivity contribution in [1.82, 2.24) is 10.2 Å². The molecule has 2 fully saturated rings. The summed E-state index contributed by atoms with van der Waals surface area (Å²) in [7, 11) is -0.918. The molecule has 33 heavy (non-hydrogen) atoms. The molecule has 1 aromatic rings. The lowest BCUT2D eigenvalue weighted by atomic mass is 9.73. The molecule has 2 aliphatic rings. The molecule has 1 aliphatic heterocycles. The first-order valence-corrected chi connectivity index (χ1v) is 10.2. The third-order valence-corrected chi connectivity index (χ3v) is 6.10. The van der Waals surface area contributed by atoms with Gasteiger partial charge in [-0.05, 0) is 43.7 Å². The molecule has 0 radical (unpaired) electrons. The normalized spacial score (nSPS) is 23.2. The molecule has 1 saturated heterocycles. The van der Waals surface area contributed by atoms with Gasteiger partial charge in [-0.15, -0.1) is 0 Å². The molecule has 9 N–H and O–H groups in total. The van der Waals surface area contributed by atoms with Gasteiger partial charge in [-0.3, -0.25) is 14.7 Å². The van der Waals surface area contributed by atoms with E-state index in [1.54, 1.807) is 0 Å². The lowest BCUT2D eigenvalue weighted by Gasteiger charge is -2.34. The van der Waals surface area contributed by atoms with Crippen LogP contribution in [0, 0.1) is 0 Å². The Morgan fingerprint density at radius 2 is 1.97 bits per heavy atom. The number of aliphatic imine (C=N–C) groups is 1. The van der Waals surface area contributed by atoms with Gasteiger partial charge in [-0.25, -0.2) is 9.59 Å². The average molecular weight is 463 g/mol. The number of carbonyl (C=O) groups is 3. The fraction of sp³-hybridized carbons (Fsp3) is 0.474. The lowest BCUT2D eigenvalue weighted by molar-refractivity contribution is -0.133. The highest BCUT2D eigenvalue weighted by Gasteiger charge is 2.56. The summed E-state index contributed by atoms with van der Waals surface area (Å²) in [5.41, 5.74) is 9.06. The largest absolute Gasteiger partial charge is 0.507 e. The molecule has 178 valence electrons. The molecule has 1 saturated carbocycles. The Morgan fingerprint density at radius 1 is 1.33 bits per heavy atom. The minimum absolute atomic E-state index is 0.00989. The lowest BCUT2D eigenvalue weighted by Crippen LogP contribution is -2.54. The van der Waals surface area contributed by atoms with Crippen LogP contribution in [0.2, 0.25) is 0 Å². The summed E-state index contributed by atoms with van der Waals surface area (Å²) in [5, 5.41) is 42.5. The summed E-state index contributed by atoms with van der Waals surface area (Å²) >= 11 is 0. The first kappa shape index (κ1) is 24.1. The van der Waals surface area contributed by atoms with Gasteiger partial charge < -0.3 is 41.8 Å². The van der Waals surface area contributed by atoms with Crippen LogP contribution in [0.4, 0.5) is 4.79 Å². The quantitative estimate of drug-likeness (QED) is 0.108. The second-order valence-corrected chi connectivity index (χ2v) is 8.11. The smallest absolute Gasteiger partial charge is 0.476 e. The third kappa shape index (κ3) is 4.52. The van der Waals surface area contributed by atoms with Crippen LogP contribution in [0.15, 0.2) is 17.1 Å². The van der Waals surface area contributed by atoms with E-state index in [0.29, 0.717) is 12.8 Å². The van der Waals surface area contributed by atoms with Gasteiger partial charge in [0.15, 0.2) is 5.96 Å². The highest BCUT2D eigenvalue weighted by molar-refractivity contribution is 6.44. The van der Waals surface area contributed by atoms with Crippen LogP contribution in [0.3, 0.4) is 0 Å². The number of aromatic hydroxyl groups is 1. The van der Waals surface area contributed by atoms with Crippen molar-refractivity contribution >= 4 is 31.0 Å². The predicted molar refractivity (Wildman–Crippen MR) is 115 cm³/mol. The number of aromatic carboxylic acids is 1. The van der Waals surface area contributed by atoms with Crippen molar-refractivity contribution in [3.8, 4) is 11.5 Å². The number of carboxylic acid groups (broad SMARTS) is 1. The second kappa shape index (κ2) is 9.15. The molecular weight excluding hydrogens is 437 g/mol. The minimum Gasteiger partial charge on any atom is -0.507 e. The number of imide groups is 1. The van der Waals surface area contributed by atoms with E-state index in [9.17, 15) is 34.6 Å². The predicted octanol–water partition coefficient (Wildman–Crippen LogP) is -1.47. The van der Waals surface area contributed by atoms with E-state index in [4.69, 9.17) is 16.2 Å². The molecular formula is C19H26BN5O8. The number of nitrogens with zero attached hydrogens (tertiary/aromatic N) is 2. The molecule has 0 bridgehead atoms. The molecule has 1 heterocycles. The zero-order valence-corrected chi connectivity index (χ0v) is 17.9. The molecule has 1 atom stereocenters. The number of carbonyl (C=O) groups excluding carboxylic acids is 2. The maximum absolute atomic E-state index is 13.3. The van der Waals surface area contributed by atoms with Gasteiger partial charge >= 0.3 is 19.1 Å². The number of nitrogens with two attached hydrogens (primary N) is 2. The van der Waals surface area contributed by atoms with Gasteiger partial charge in [0.05, 0.1) is 19.1 Å². The van der Waals surface area contributed by atoms with Crippen molar-refractivity contribution in [2.45, 2.75) is 49.6 Å². The summed E-state index contributed by atoms with van der Waals surface area (Å²) in [6.07, 6.45) is 0.970. The Labute approximate surface area is 189 Å². The maximum atomic E-state index is 13.3. The van der Waals surface area contributed by atoms with Gasteiger partial charge in [0.2, 0.25) is 0 Å². The number of hydrogen-bond acceptors (Lipinski definition) is 8. The monoisotopic (exact) mass is 463 g/mol. The van der Waals surface area contributed by atoms with E-state index in [1.165, 1.54) is 19.2 Å². The van der Waals surface area contributed by atoms with Gasteiger partial charge in [0, 0.05) is 0 Å². The summed E-state index contributed by atoms with van der Waals surface area (Å²) in [4.78, 5) is 42.4. The molecule has 1 spiro atoms. The van der Waals surface area contributed by atoms with Crippen molar-refractivity contribution in [3.63, 3.8) is 0 Å². The van der Waals surface area contributed by atoms with Crippen LogP contribution in [0.25, 0.3) is 0 Å². The van der Waals surface area contributed by atoms with Crippen LogP contribution in [-0.2, 0) is 11.2 Å². The summed E-state index contributed by atoms with van der Waals surface area (Å²) in [6, 6.07) is 1.61. The number of methoxy groups -OCH3 is 1. The summed E-state index contributed by atoms with van der Waals surface area (Å²) < 4.78 is 4.94. The Balaban J connectivity index is 1.87. The number of hydrogen-bond donors (Lipinski definition) is 7. The summed E-state index contributed by atoms with van der Waals surface area (Å²) in [6.45, 7) is 0. The third-order valence-electron chi connectivity index (χ3n) is 6.10. The molecule has 0 unspecified atom stereocenters. The van der Waals surface area contributed by atoms with Crippen molar-refractivity contribution in [2.24, 2.45) is 16.5 Å². The topological polar surface area (TPSA) is 221 Å². The van der Waals surface area contributed by atoms with Crippen molar-refractivity contribution in [1.29, 1.82) is 0 Å². The van der Waals surface area contributed by atoms with Gasteiger partial charge in [0.25, 0.3) is 5.91 Å². The van der Waals surface area contributed by atoms with Crippen molar-refractivity contribution < 1.29 is 39.4 Å². The minimum atomic E-state index is -2.15. The number of guanidine groups is 1. The average Bonchev–Trinajstić information content (AvgIpc) is 2.97. The van der Waals surface area contributed by atoms with Crippen LogP contribution in [0.5, 0.6) is 11.5 Å². The van der Waals surface area contributed by atoms with Gasteiger partial charge in [-0.1, -0.05) is 6.07 Å². The number of carboxylic acids is 1. The molecule has 1 aliphatic carbocycles. The van der Waals surface area contributed by atoms with Crippen LogP contribution >= 0.6 is 0 Å². The standard InChI is InChI=1S/C19H26BN5O8/c1-33-11-3-2-9(14(26)13(11)15(27)28)8-12(20(31)32)25-16(29)19(24-18(25)30)6-4-10(5-7-19)23-17(21)22/h2-3,10,12,26,31-32H,4-8H2,1H3,(H,24,30)(H,27,28)(H4,21,22,23)/t10?,12-,19?/m0/s1. The Morgan fingerprint density at radius 3 is 2.48 bits per heavy atom. The number of phenols is 1. The molecule has 3 rings (SSSR count). The first-order chi connectivity index (χ1) is 15.5. The van der Waals surface area contributed by atoms with Crippen LogP contribution < -0.4 is 21.5 Å². The Hall–Kier alpha value is -3.52. The number of nitrogens with one attached hydrogen (secondary N) is 1. The molecule has 0 aromatic heterocycles. The fourth-order valence-electron chi connectivity index (χ4n) is 4.43. The highest BCUT2D eigenvalue weighted by Crippen LogP contribution is 2.37. The van der Waals surface area contributed by atoms with Crippen molar-refractivity contribution in [3.05, 3.63) is 23.3 Å². The summed E-state index contributed by atoms with van der Waals surface area (Å²) in [5.74, 6) is -4.40. The molecule has 13 nitrogen and oxygen atoms in total. The van der Waals surface area contributed by atoms with E-state index in [0.717, 1.165) is 4.90 Å². The number of benzene rings is 1. The Kier molecular flexibility index (Phi) is 6.69. The zero-order valence-electron chi connectivity index (χ0n) is 17.9. The Bertz CT molecular complexity index is 989. The highest BCUT2D eigenvalue weighted by atomic mass is 16.5. The van der Waals surface area contributed by atoms with E-state index in [-0.39, 0.29) is 36.2 Å². The first-order valence-electron chi connectivity index (χ1n) is 10.2. The molecule has 14 heteroatoms. The van der Waals surface area contributed by atoms with Crippen LogP contribution in [0.1, 0.15) is 41.6 Å². The van der Waals surface area contributed by atoms with Gasteiger partial charge in [0.1, 0.15) is 22.6 Å². The SMILES string of the molecule is COc1ccc(C[C@@H](B(O)O)N2C(=O)NC3(CCC(N=C(N)N)CC3)C2=O)c(O)c1C(=O)O. The molecule has 1 aromatic carbocycles.